The molecule has 0 spiro atoms. The molecule has 0 unspecified atom stereocenters. The van der Waals surface area contributed by atoms with Crippen molar-refractivity contribution < 1.29 is 41.4 Å². The largest absolute Gasteiger partial charge is 0.491 e. The fraction of sp³-hybridized carbons (Fsp3) is 0.520. The van der Waals surface area contributed by atoms with Crippen molar-refractivity contribution in [1.29, 1.82) is 0 Å². The zero-order valence-electron chi connectivity index (χ0n) is 21.9. The highest BCUT2D eigenvalue weighted by Crippen LogP contribution is 2.40. The van der Waals surface area contributed by atoms with Crippen LogP contribution in [0.25, 0.3) is 0 Å². The fourth-order valence-corrected chi connectivity index (χ4v) is 4.77. The number of nitrogens with one attached hydrogen (secondary N) is 2. The maximum Gasteiger partial charge on any atom is 0.408 e. The molecule has 2 aromatic rings. The number of amides is 3. The molecule has 5 rings (SSSR count). The van der Waals surface area contributed by atoms with E-state index in [0.29, 0.717) is 31.9 Å². The molecule has 2 N–H and O–H groups in total. The minimum absolute atomic E-state index is 0.0362. The molecule has 3 amide bonds. The number of aromatic nitrogens is 2. The molecule has 11 nitrogen and oxygen atoms in total. The lowest BCUT2D eigenvalue weighted by Crippen LogP contribution is -2.49. The van der Waals surface area contributed by atoms with Gasteiger partial charge in [0.2, 0.25) is 0 Å². The van der Waals surface area contributed by atoms with E-state index in [1.165, 1.54) is 17.2 Å². The molecule has 15 heteroatoms. The van der Waals surface area contributed by atoms with E-state index in [1.807, 2.05) is 4.90 Å². The highest BCUT2D eigenvalue weighted by Gasteiger charge is 2.42. The average Bonchev–Trinajstić information content (AvgIpc) is 3.45. The maximum atomic E-state index is 14.9. The lowest BCUT2D eigenvalue weighted by molar-refractivity contribution is -0.149. The smallest absolute Gasteiger partial charge is 0.408 e. The number of carbonyl (C=O) groups excluding carboxylic acids is 2. The van der Waals surface area contributed by atoms with Crippen LogP contribution in [0, 0.1) is 5.82 Å². The number of carbonyl (C=O) groups is 2. The first-order chi connectivity index (χ1) is 18.8. The second-order valence-electron chi connectivity index (χ2n) is 10.2. The van der Waals surface area contributed by atoms with Crippen LogP contribution in [0.5, 0.6) is 5.75 Å². The number of hydrogen-bond donors (Lipinski definition) is 2. The molecule has 2 saturated heterocycles. The van der Waals surface area contributed by atoms with E-state index in [9.17, 15) is 27.2 Å². The molecule has 216 valence electrons. The second kappa shape index (κ2) is 10.4. The van der Waals surface area contributed by atoms with Crippen molar-refractivity contribution in [1.82, 2.24) is 15.3 Å². The van der Waals surface area contributed by atoms with Crippen molar-refractivity contribution in [2.24, 2.45) is 0 Å². The molecule has 0 radical (unpaired) electrons. The number of pyridine rings is 2. The van der Waals surface area contributed by atoms with Crippen LogP contribution in [0.2, 0.25) is 0 Å². The van der Waals surface area contributed by atoms with Gasteiger partial charge >= 0.3 is 12.2 Å². The number of fused-ring (bicyclic) bond motifs is 4. The van der Waals surface area contributed by atoms with E-state index in [0.717, 1.165) is 13.0 Å². The number of rotatable bonds is 6. The van der Waals surface area contributed by atoms with E-state index in [4.69, 9.17) is 14.2 Å². The monoisotopic (exact) mass is 568 g/mol. The lowest BCUT2D eigenvalue weighted by Gasteiger charge is -2.35. The van der Waals surface area contributed by atoms with Gasteiger partial charge in [-0.1, -0.05) is 0 Å². The Hall–Kier alpha value is -3.72. The topological polar surface area (TPSA) is 118 Å². The maximum absolute atomic E-state index is 14.9. The number of alkyl halides is 3. The number of halogens is 4. The van der Waals surface area contributed by atoms with Gasteiger partial charge in [0.1, 0.15) is 30.3 Å². The van der Waals surface area contributed by atoms with Crippen LogP contribution in [0.1, 0.15) is 37.7 Å². The first kappa shape index (κ1) is 27.8. The molecular formula is C25H28F4N6O5. The molecule has 40 heavy (non-hydrogen) atoms. The quantitative estimate of drug-likeness (QED) is 0.509. The van der Waals surface area contributed by atoms with Crippen molar-refractivity contribution in [3.05, 3.63) is 35.9 Å². The van der Waals surface area contributed by atoms with Gasteiger partial charge in [-0.15, -0.1) is 0 Å². The van der Waals surface area contributed by atoms with Crippen LogP contribution in [0.3, 0.4) is 0 Å². The minimum atomic E-state index is -4.73. The standard InChI is InChI=1S/C25H28F4N6O5/c1-13(25(27,28)29)31-22(36)20-17(26)9-18-21(33-20)35(14-5-7-34(18)10-14)23(37)32-19-8-15(4-6-30-19)38-11-16-12-39-24(2,3)40-16/h4,6,8-9,13-14,16H,5,7,10-12H2,1-3H3,(H,31,36)(H,30,32,37)/t13-,14+,16+/m1/s1. The van der Waals surface area contributed by atoms with Gasteiger partial charge in [0, 0.05) is 31.4 Å². The van der Waals surface area contributed by atoms with E-state index in [1.54, 1.807) is 25.2 Å². The van der Waals surface area contributed by atoms with Gasteiger partial charge in [-0.05, 0) is 33.3 Å². The molecule has 0 saturated carbocycles. The molecule has 3 aliphatic heterocycles. The molecule has 0 aliphatic carbocycles. The van der Waals surface area contributed by atoms with Crippen molar-refractivity contribution in [2.45, 2.75) is 57.3 Å². The summed E-state index contributed by atoms with van der Waals surface area (Å²) in [6.45, 7) is 5.83. The Morgan fingerprint density at radius 1 is 1.30 bits per heavy atom. The van der Waals surface area contributed by atoms with E-state index in [2.05, 4.69) is 15.3 Å². The average molecular weight is 569 g/mol. The summed E-state index contributed by atoms with van der Waals surface area (Å²) in [5, 5.41) is 4.38. The third-order valence-electron chi connectivity index (χ3n) is 6.78. The van der Waals surface area contributed by atoms with Gasteiger partial charge in [-0.25, -0.2) is 19.2 Å². The lowest BCUT2D eigenvalue weighted by atomic mass is 10.1. The van der Waals surface area contributed by atoms with E-state index >= 15 is 0 Å². The summed E-state index contributed by atoms with van der Waals surface area (Å²) in [4.78, 5) is 37.2. The Labute approximate surface area is 226 Å². The molecule has 2 bridgehead atoms. The summed E-state index contributed by atoms with van der Waals surface area (Å²) in [5.41, 5.74) is -0.585. The third-order valence-corrected chi connectivity index (χ3v) is 6.78. The minimum Gasteiger partial charge on any atom is -0.491 e. The van der Waals surface area contributed by atoms with Crippen LogP contribution < -0.4 is 25.2 Å². The Morgan fingerprint density at radius 2 is 2.08 bits per heavy atom. The molecular weight excluding hydrogens is 540 g/mol. The highest BCUT2D eigenvalue weighted by atomic mass is 19.4. The molecule has 2 fully saturated rings. The summed E-state index contributed by atoms with van der Waals surface area (Å²) < 4.78 is 70.7. The van der Waals surface area contributed by atoms with Crippen LogP contribution >= 0.6 is 0 Å². The summed E-state index contributed by atoms with van der Waals surface area (Å²) in [7, 11) is 0. The third kappa shape index (κ3) is 5.75. The van der Waals surface area contributed by atoms with Crippen molar-refractivity contribution in [3.63, 3.8) is 0 Å². The van der Waals surface area contributed by atoms with Crippen molar-refractivity contribution in [2.75, 3.05) is 41.4 Å². The number of anilines is 3. The van der Waals surface area contributed by atoms with Crippen LogP contribution in [-0.4, -0.2) is 78.4 Å². The molecule has 0 aromatic carbocycles. The summed E-state index contributed by atoms with van der Waals surface area (Å²) in [5.74, 6) is -2.59. The first-order valence-corrected chi connectivity index (χ1v) is 12.6. The van der Waals surface area contributed by atoms with E-state index in [-0.39, 0.29) is 36.1 Å². The van der Waals surface area contributed by atoms with Crippen LogP contribution in [0.4, 0.5) is 39.7 Å². The second-order valence-corrected chi connectivity index (χ2v) is 10.2. The fourth-order valence-electron chi connectivity index (χ4n) is 4.77. The number of nitrogens with zero attached hydrogens (tertiary/aromatic N) is 4. The van der Waals surface area contributed by atoms with Crippen LogP contribution in [0.15, 0.2) is 24.4 Å². The zero-order valence-corrected chi connectivity index (χ0v) is 21.9. The highest BCUT2D eigenvalue weighted by molar-refractivity contribution is 6.05. The number of ether oxygens (including phenoxy) is 3. The summed E-state index contributed by atoms with van der Waals surface area (Å²) in [6, 6.07) is 0.897. The Balaban J connectivity index is 1.34. The van der Waals surface area contributed by atoms with Crippen molar-refractivity contribution in [3.8, 4) is 5.75 Å². The first-order valence-electron chi connectivity index (χ1n) is 12.6. The van der Waals surface area contributed by atoms with Gasteiger partial charge in [0.15, 0.2) is 23.1 Å². The molecule has 5 heterocycles. The zero-order chi connectivity index (χ0) is 28.8. The van der Waals surface area contributed by atoms with Crippen molar-refractivity contribution >= 4 is 29.3 Å². The van der Waals surface area contributed by atoms with Gasteiger partial charge < -0.3 is 24.4 Å². The van der Waals surface area contributed by atoms with Gasteiger partial charge in [0.25, 0.3) is 5.91 Å². The van der Waals surface area contributed by atoms with Crippen LogP contribution in [-0.2, 0) is 9.47 Å². The normalized spacial score (nSPS) is 22.1. The Kier molecular flexibility index (Phi) is 7.20. The summed E-state index contributed by atoms with van der Waals surface area (Å²) >= 11 is 0. The predicted octanol–water partition coefficient (Wildman–Crippen LogP) is 3.46. The molecule has 2 aromatic heterocycles. The molecule has 3 aliphatic rings. The van der Waals surface area contributed by atoms with E-state index < -0.39 is 41.5 Å². The Morgan fingerprint density at radius 3 is 2.77 bits per heavy atom. The SMILES string of the molecule is C[C@@H](NC(=O)c1nc2c(cc1F)N1CC[C@@H](C1)N2C(=O)Nc1cc(OC[C@H]2COC(C)(C)O2)ccn1)C(F)(F)F. The van der Waals surface area contributed by atoms with Gasteiger partial charge in [0.05, 0.1) is 18.3 Å². The van der Waals surface area contributed by atoms with Gasteiger partial charge in [-0.2, -0.15) is 13.2 Å². The predicted molar refractivity (Wildman–Crippen MR) is 134 cm³/mol. The number of urea groups is 1. The Bertz CT molecular complexity index is 1310. The number of hydrogen-bond acceptors (Lipinski definition) is 8. The molecule has 3 atom stereocenters. The summed E-state index contributed by atoms with van der Waals surface area (Å²) in [6.07, 6.45) is -3.01. The van der Waals surface area contributed by atoms with Gasteiger partial charge in [-0.3, -0.25) is 15.0 Å².